The number of hydrogen-bond acceptors (Lipinski definition) is 2. The molecule has 6 heteroatoms. The monoisotopic (exact) mass is 301 g/mol. The molecular formula is C13H13Cl2NO3. The van der Waals surface area contributed by atoms with E-state index in [0.29, 0.717) is 22.2 Å². The zero-order valence-electron chi connectivity index (χ0n) is 10.3. The van der Waals surface area contributed by atoms with Crippen LogP contribution in [0.1, 0.15) is 17.3 Å². The van der Waals surface area contributed by atoms with Gasteiger partial charge in [-0.05, 0) is 24.1 Å². The van der Waals surface area contributed by atoms with E-state index in [9.17, 15) is 9.59 Å². The molecule has 0 aliphatic carbocycles. The van der Waals surface area contributed by atoms with Gasteiger partial charge in [0.1, 0.15) is 0 Å². The second-order valence-corrected chi connectivity index (χ2v) is 5.60. The molecular weight excluding hydrogens is 289 g/mol. The zero-order chi connectivity index (χ0) is 14.2. The van der Waals surface area contributed by atoms with Crippen LogP contribution in [0.5, 0.6) is 0 Å². The van der Waals surface area contributed by atoms with Crippen LogP contribution in [0, 0.1) is 11.8 Å². The lowest BCUT2D eigenvalue weighted by atomic mass is 9.99. The van der Waals surface area contributed by atoms with Crippen molar-refractivity contribution >= 4 is 35.1 Å². The Morgan fingerprint density at radius 3 is 2.58 bits per heavy atom. The Hall–Kier alpha value is -1.26. The van der Waals surface area contributed by atoms with Gasteiger partial charge >= 0.3 is 5.97 Å². The highest BCUT2D eigenvalue weighted by Crippen LogP contribution is 2.28. The number of likely N-dealkylation sites (tertiary alicyclic amines) is 1. The van der Waals surface area contributed by atoms with Gasteiger partial charge in [0.2, 0.25) is 0 Å². The van der Waals surface area contributed by atoms with E-state index in [1.54, 1.807) is 12.1 Å². The van der Waals surface area contributed by atoms with Crippen molar-refractivity contribution < 1.29 is 14.7 Å². The number of carboxylic acids is 1. The van der Waals surface area contributed by atoms with Gasteiger partial charge in [-0.1, -0.05) is 30.1 Å². The summed E-state index contributed by atoms with van der Waals surface area (Å²) in [7, 11) is 0. The lowest BCUT2D eigenvalue weighted by Gasteiger charge is -2.16. The van der Waals surface area contributed by atoms with Gasteiger partial charge in [-0.25, -0.2) is 0 Å². The first-order valence-electron chi connectivity index (χ1n) is 5.87. The largest absolute Gasteiger partial charge is 0.481 e. The van der Waals surface area contributed by atoms with Crippen molar-refractivity contribution in [2.24, 2.45) is 11.8 Å². The van der Waals surface area contributed by atoms with Crippen LogP contribution in [0.4, 0.5) is 0 Å². The lowest BCUT2D eigenvalue weighted by Crippen LogP contribution is -2.30. The number of benzene rings is 1. The first-order chi connectivity index (χ1) is 8.90. The molecule has 1 fully saturated rings. The van der Waals surface area contributed by atoms with E-state index >= 15 is 0 Å². The van der Waals surface area contributed by atoms with Crippen molar-refractivity contribution in [3.05, 3.63) is 33.8 Å². The van der Waals surface area contributed by atoms with E-state index < -0.39 is 11.9 Å². The molecule has 0 radical (unpaired) electrons. The summed E-state index contributed by atoms with van der Waals surface area (Å²) in [5, 5.41) is 9.81. The molecule has 0 saturated carbocycles. The molecule has 1 aromatic carbocycles. The van der Waals surface area contributed by atoms with Crippen LogP contribution >= 0.6 is 23.2 Å². The van der Waals surface area contributed by atoms with Crippen molar-refractivity contribution in [3.63, 3.8) is 0 Å². The number of carbonyl (C=O) groups is 2. The van der Waals surface area contributed by atoms with Gasteiger partial charge in [-0.3, -0.25) is 9.59 Å². The van der Waals surface area contributed by atoms with Gasteiger partial charge in [-0.15, -0.1) is 0 Å². The van der Waals surface area contributed by atoms with Crippen LogP contribution in [0.25, 0.3) is 0 Å². The number of carbonyl (C=O) groups excluding carboxylic acids is 1. The van der Waals surface area contributed by atoms with Crippen molar-refractivity contribution in [1.82, 2.24) is 4.90 Å². The van der Waals surface area contributed by atoms with Gasteiger partial charge in [0.15, 0.2) is 0 Å². The molecule has 102 valence electrons. The SMILES string of the molecule is CC1CN(C(=O)c2cc(Cl)ccc2Cl)CC1C(=O)O. The second-order valence-electron chi connectivity index (χ2n) is 4.76. The van der Waals surface area contributed by atoms with Gasteiger partial charge in [0, 0.05) is 18.1 Å². The van der Waals surface area contributed by atoms with E-state index in [0.717, 1.165) is 0 Å². The standard InChI is InChI=1S/C13H13Cl2NO3/c1-7-5-16(6-10(7)13(18)19)12(17)9-4-8(14)2-3-11(9)15/h2-4,7,10H,5-6H2,1H3,(H,18,19). The Morgan fingerprint density at radius 1 is 1.32 bits per heavy atom. The summed E-state index contributed by atoms with van der Waals surface area (Å²) in [6.45, 7) is 2.45. The summed E-state index contributed by atoms with van der Waals surface area (Å²) in [4.78, 5) is 24.9. The predicted octanol–water partition coefficient (Wildman–Crippen LogP) is 2.79. The third-order valence-corrected chi connectivity index (χ3v) is 3.94. The van der Waals surface area contributed by atoms with Crippen LogP contribution in [-0.4, -0.2) is 35.0 Å². The maximum absolute atomic E-state index is 12.3. The molecule has 0 aromatic heterocycles. The van der Waals surface area contributed by atoms with Gasteiger partial charge in [-0.2, -0.15) is 0 Å². The first kappa shape index (κ1) is 14.2. The fraction of sp³-hybridized carbons (Fsp3) is 0.385. The molecule has 0 spiro atoms. The van der Waals surface area contributed by atoms with E-state index in [1.165, 1.54) is 11.0 Å². The van der Waals surface area contributed by atoms with E-state index in [1.807, 2.05) is 6.92 Å². The predicted molar refractivity (Wildman–Crippen MR) is 72.7 cm³/mol. The van der Waals surface area contributed by atoms with Crippen molar-refractivity contribution in [2.75, 3.05) is 13.1 Å². The van der Waals surface area contributed by atoms with Crippen LogP contribution in [0.3, 0.4) is 0 Å². The number of hydrogen-bond donors (Lipinski definition) is 1. The number of nitrogens with zero attached hydrogens (tertiary/aromatic N) is 1. The van der Waals surface area contributed by atoms with Crippen LogP contribution in [-0.2, 0) is 4.79 Å². The number of amides is 1. The highest BCUT2D eigenvalue weighted by atomic mass is 35.5. The average Bonchev–Trinajstić information content (AvgIpc) is 2.74. The third kappa shape index (κ3) is 2.85. The number of carboxylic acid groups (broad SMARTS) is 1. The molecule has 1 aromatic rings. The Morgan fingerprint density at radius 2 is 2.00 bits per heavy atom. The fourth-order valence-electron chi connectivity index (χ4n) is 2.29. The second kappa shape index (κ2) is 5.39. The maximum atomic E-state index is 12.3. The Labute approximate surface area is 120 Å². The fourth-order valence-corrected chi connectivity index (χ4v) is 2.66. The molecule has 1 aliphatic rings. The highest BCUT2D eigenvalue weighted by Gasteiger charge is 2.37. The Bertz CT molecular complexity index is 533. The maximum Gasteiger partial charge on any atom is 0.308 e. The first-order valence-corrected chi connectivity index (χ1v) is 6.63. The van der Waals surface area contributed by atoms with Crippen LogP contribution in [0.2, 0.25) is 10.0 Å². The van der Waals surface area contributed by atoms with Crippen LogP contribution in [0.15, 0.2) is 18.2 Å². The molecule has 1 N–H and O–H groups in total. The van der Waals surface area contributed by atoms with Gasteiger partial charge in [0.25, 0.3) is 5.91 Å². The normalized spacial score (nSPS) is 22.6. The van der Waals surface area contributed by atoms with Crippen molar-refractivity contribution in [2.45, 2.75) is 6.92 Å². The van der Waals surface area contributed by atoms with Gasteiger partial charge < -0.3 is 10.0 Å². The molecule has 2 rings (SSSR count). The minimum Gasteiger partial charge on any atom is -0.481 e. The minimum absolute atomic E-state index is 0.0700. The summed E-state index contributed by atoms with van der Waals surface area (Å²) in [6.07, 6.45) is 0. The zero-order valence-corrected chi connectivity index (χ0v) is 11.8. The number of rotatable bonds is 2. The molecule has 1 saturated heterocycles. The third-order valence-electron chi connectivity index (χ3n) is 3.38. The quantitative estimate of drug-likeness (QED) is 0.914. The molecule has 4 nitrogen and oxygen atoms in total. The van der Waals surface area contributed by atoms with Gasteiger partial charge in [0.05, 0.1) is 16.5 Å². The molecule has 2 unspecified atom stereocenters. The number of aliphatic carboxylic acids is 1. The summed E-state index contributed by atoms with van der Waals surface area (Å²) in [5.41, 5.74) is 0.312. The molecule has 19 heavy (non-hydrogen) atoms. The smallest absolute Gasteiger partial charge is 0.308 e. The van der Waals surface area contributed by atoms with Crippen LogP contribution < -0.4 is 0 Å². The van der Waals surface area contributed by atoms with Crippen molar-refractivity contribution in [3.8, 4) is 0 Å². The summed E-state index contributed by atoms with van der Waals surface area (Å²) in [6, 6.07) is 4.67. The molecule has 1 aliphatic heterocycles. The van der Waals surface area contributed by atoms with E-state index in [2.05, 4.69) is 0 Å². The van der Waals surface area contributed by atoms with Crippen molar-refractivity contribution in [1.29, 1.82) is 0 Å². The average molecular weight is 302 g/mol. The lowest BCUT2D eigenvalue weighted by molar-refractivity contribution is -0.142. The Balaban J connectivity index is 2.22. The summed E-state index contributed by atoms with van der Waals surface area (Å²) >= 11 is 11.8. The summed E-state index contributed by atoms with van der Waals surface area (Å²) in [5.74, 6) is -1.75. The molecule has 2 atom stereocenters. The summed E-state index contributed by atoms with van der Waals surface area (Å²) < 4.78 is 0. The van der Waals surface area contributed by atoms with E-state index in [4.69, 9.17) is 28.3 Å². The van der Waals surface area contributed by atoms with E-state index in [-0.39, 0.29) is 18.4 Å². The Kier molecular flexibility index (Phi) is 4.02. The highest BCUT2D eigenvalue weighted by molar-refractivity contribution is 6.35. The molecule has 0 bridgehead atoms. The number of halogens is 2. The molecule has 1 amide bonds. The topological polar surface area (TPSA) is 57.6 Å². The molecule has 1 heterocycles. The minimum atomic E-state index is -0.875.